The third-order valence-corrected chi connectivity index (χ3v) is 2.80. The van der Waals surface area contributed by atoms with Crippen LogP contribution in [0.5, 0.6) is 0 Å². The summed E-state index contributed by atoms with van der Waals surface area (Å²) in [6.07, 6.45) is 1.99. The Morgan fingerprint density at radius 2 is 2.05 bits per heavy atom. The van der Waals surface area contributed by atoms with E-state index in [1.807, 2.05) is 45.3 Å². The van der Waals surface area contributed by atoms with Crippen molar-refractivity contribution in [1.82, 2.24) is 9.88 Å². The number of fused-ring (bicyclic) bond motifs is 1. The minimum absolute atomic E-state index is 0.292. The number of benzene rings is 1. The molecule has 0 aliphatic rings. The van der Waals surface area contributed by atoms with Crippen LogP contribution in [-0.4, -0.2) is 31.2 Å². The molecule has 2 rings (SSSR count). The van der Waals surface area contributed by atoms with Crippen LogP contribution in [0.15, 0.2) is 30.5 Å². The maximum absolute atomic E-state index is 11.7. The van der Waals surface area contributed by atoms with Gasteiger partial charge in [-0.2, -0.15) is 0 Å². The molecule has 0 spiro atoms. The summed E-state index contributed by atoms with van der Waals surface area (Å²) in [5, 5.41) is 4.16. The molecule has 0 amide bonds. The first-order valence-electron chi connectivity index (χ1n) is 6.58. The molecule has 19 heavy (non-hydrogen) atoms. The Bertz CT molecular complexity index is 532. The summed E-state index contributed by atoms with van der Waals surface area (Å²) < 4.78 is 6.87. The SMILES string of the molecule is CC.CNCCn1ccc2cccc(C(=O)OC)c21. The molecule has 4 heteroatoms. The number of para-hydroxylation sites is 1. The highest BCUT2D eigenvalue weighted by molar-refractivity contribution is 6.03. The second-order valence-corrected chi connectivity index (χ2v) is 3.85. The number of esters is 1. The number of hydrogen-bond donors (Lipinski definition) is 1. The molecule has 0 aliphatic heterocycles. The summed E-state index contributed by atoms with van der Waals surface area (Å²) in [5.41, 5.74) is 1.56. The summed E-state index contributed by atoms with van der Waals surface area (Å²) >= 11 is 0. The first-order valence-corrected chi connectivity index (χ1v) is 6.58. The van der Waals surface area contributed by atoms with Gasteiger partial charge >= 0.3 is 5.97 Å². The van der Waals surface area contributed by atoms with E-state index in [1.54, 1.807) is 6.07 Å². The zero-order valence-corrected chi connectivity index (χ0v) is 12.1. The average molecular weight is 262 g/mol. The van der Waals surface area contributed by atoms with Crippen molar-refractivity contribution in [3.63, 3.8) is 0 Å². The second kappa shape index (κ2) is 7.59. The zero-order chi connectivity index (χ0) is 14.3. The van der Waals surface area contributed by atoms with E-state index in [4.69, 9.17) is 4.74 Å². The van der Waals surface area contributed by atoms with Gasteiger partial charge in [0.2, 0.25) is 0 Å². The van der Waals surface area contributed by atoms with Gasteiger partial charge < -0.3 is 14.6 Å². The van der Waals surface area contributed by atoms with Crippen molar-refractivity contribution in [1.29, 1.82) is 0 Å². The maximum atomic E-state index is 11.7. The number of nitrogens with one attached hydrogen (secondary N) is 1. The van der Waals surface area contributed by atoms with E-state index in [9.17, 15) is 4.79 Å². The van der Waals surface area contributed by atoms with Crippen LogP contribution in [0.4, 0.5) is 0 Å². The number of aromatic nitrogens is 1. The molecule has 4 nitrogen and oxygen atoms in total. The molecule has 0 radical (unpaired) electrons. The van der Waals surface area contributed by atoms with Crippen molar-refractivity contribution in [2.75, 3.05) is 20.7 Å². The van der Waals surface area contributed by atoms with Crippen molar-refractivity contribution in [3.8, 4) is 0 Å². The number of nitrogens with zero attached hydrogens (tertiary/aromatic N) is 1. The first-order chi connectivity index (χ1) is 9.27. The van der Waals surface area contributed by atoms with Gasteiger partial charge in [-0.1, -0.05) is 26.0 Å². The van der Waals surface area contributed by atoms with Crippen molar-refractivity contribution >= 4 is 16.9 Å². The molecule has 0 aliphatic carbocycles. The summed E-state index contributed by atoms with van der Waals surface area (Å²) in [5.74, 6) is -0.292. The highest BCUT2D eigenvalue weighted by Crippen LogP contribution is 2.20. The van der Waals surface area contributed by atoms with Crippen molar-refractivity contribution < 1.29 is 9.53 Å². The van der Waals surface area contributed by atoms with Crippen molar-refractivity contribution in [2.24, 2.45) is 0 Å². The summed E-state index contributed by atoms with van der Waals surface area (Å²) in [6.45, 7) is 5.69. The molecule has 1 aromatic heterocycles. The number of methoxy groups -OCH3 is 1. The van der Waals surface area contributed by atoms with Crippen molar-refractivity contribution in [3.05, 3.63) is 36.0 Å². The van der Waals surface area contributed by atoms with Gasteiger partial charge in [-0.15, -0.1) is 0 Å². The Labute approximate surface area is 114 Å². The molecule has 0 bridgehead atoms. The number of ether oxygens (including phenoxy) is 1. The predicted molar refractivity (Wildman–Crippen MR) is 78.6 cm³/mol. The Hall–Kier alpha value is -1.81. The largest absolute Gasteiger partial charge is 0.465 e. The van der Waals surface area contributed by atoms with E-state index < -0.39 is 0 Å². The van der Waals surface area contributed by atoms with E-state index in [0.717, 1.165) is 24.0 Å². The number of likely N-dealkylation sites (N-methyl/N-ethyl adjacent to an activating group) is 1. The molecular formula is C15H22N2O2. The molecule has 0 fully saturated rings. The van der Waals surface area contributed by atoms with Crippen LogP contribution in [0.2, 0.25) is 0 Å². The van der Waals surface area contributed by atoms with E-state index in [0.29, 0.717) is 5.56 Å². The average Bonchev–Trinajstić information content (AvgIpc) is 2.89. The normalized spacial score (nSPS) is 9.89. The standard InChI is InChI=1S/C13H16N2O2.C2H6/c1-14-7-9-15-8-6-10-4-3-5-11(12(10)15)13(16)17-2;1-2/h3-6,8,14H,7,9H2,1-2H3;1-2H3. The van der Waals surface area contributed by atoms with E-state index in [2.05, 4.69) is 9.88 Å². The smallest absolute Gasteiger partial charge is 0.340 e. The first kappa shape index (κ1) is 15.2. The molecule has 0 unspecified atom stereocenters. The fraction of sp³-hybridized carbons (Fsp3) is 0.400. The van der Waals surface area contributed by atoms with E-state index in [1.165, 1.54) is 7.11 Å². The Morgan fingerprint density at radius 3 is 2.68 bits per heavy atom. The molecule has 0 atom stereocenters. The van der Waals surface area contributed by atoms with Crippen LogP contribution in [0.25, 0.3) is 10.9 Å². The van der Waals surface area contributed by atoms with Gasteiger partial charge in [-0.25, -0.2) is 4.79 Å². The lowest BCUT2D eigenvalue weighted by atomic mass is 10.1. The molecule has 0 saturated carbocycles. The monoisotopic (exact) mass is 262 g/mol. The lowest BCUT2D eigenvalue weighted by Crippen LogP contribution is -2.15. The number of rotatable bonds is 4. The van der Waals surface area contributed by atoms with Gasteiger partial charge in [0.25, 0.3) is 0 Å². The summed E-state index contributed by atoms with van der Waals surface area (Å²) in [6, 6.07) is 7.68. The third kappa shape index (κ3) is 3.35. The van der Waals surface area contributed by atoms with Crippen LogP contribution >= 0.6 is 0 Å². The molecule has 0 saturated heterocycles. The second-order valence-electron chi connectivity index (χ2n) is 3.85. The highest BCUT2D eigenvalue weighted by Gasteiger charge is 2.13. The fourth-order valence-electron chi connectivity index (χ4n) is 1.95. The molecule has 1 heterocycles. The summed E-state index contributed by atoms with van der Waals surface area (Å²) in [4.78, 5) is 11.7. The minimum Gasteiger partial charge on any atom is -0.465 e. The lowest BCUT2D eigenvalue weighted by molar-refractivity contribution is 0.0602. The molecule has 1 aromatic carbocycles. The van der Waals surface area contributed by atoms with Crippen molar-refractivity contribution in [2.45, 2.75) is 20.4 Å². The van der Waals surface area contributed by atoms with Gasteiger partial charge in [0, 0.05) is 24.7 Å². The van der Waals surface area contributed by atoms with Crippen LogP contribution in [0.3, 0.4) is 0 Å². The van der Waals surface area contributed by atoms with Crippen LogP contribution < -0.4 is 5.32 Å². The fourth-order valence-corrected chi connectivity index (χ4v) is 1.95. The third-order valence-electron chi connectivity index (χ3n) is 2.80. The maximum Gasteiger partial charge on any atom is 0.340 e. The van der Waals surface area contributed by atoms with Crippen LogP contribution in [-0.2, 0) is 11.3 Å². The van der Waals surface area contributed by atoms with E-state index in [-0.39, 0.29) is 5.97 Å². The Morgan fingerprint density at radius 1 is 1.32 bits per heavy atom. The lowest BCUT2D eigenvalue weighted by Gasteiger charge is -2.08. The van der Waals surface area contributed by atoms with Gasteiger partial charge in [0.05, 0.1) is 18.2 Å². The number of carbonyl (C=O) groups excluding carboxylic acids is 1. The molecule has 104 valence electrons. The van der Waals surface area contributed by atoms with Gasteiger partial charge in [0.1, 0.15) is 0 Å². The predicted octanol–water partition coefficient (Wildman–Crippen LogP) is 2.67. The highest BCUT2D eigenvalue weighted by atomic mass is 16.5. The molecule has 1 N–H and O–H groups in total. The zero-order valence-electron chi connectivity index (χ0n) is 12.1. The number of hydrogen-bond acceptors (Lipinski definition) is 3. The Kier molecular flexibility index (Phi) is 6.09. The Balaban J connectivity index is 0.000000861. The molecular weight excluding hydrogens is 240 g/mol. The van der Waals surface area contributed by atoms with Gasteiger partial charge in [-0.05, 0) is 19.2 Å². The quantitative estimate of drug-likeness (QED) is 0.861. The molecule has 2 aromatic rings. The number of carbonyl (C=O) groups is 1. The van der Waals surface area contributed by atoms with Gasteiger partial charge in [-0.3, -0.25) is 0 Å². The summed E-state index contributed by atoms with van der Waals surface area (Å²) in [7, 11) is 3.31. The topological polar surface area (TPSA) is 43.3 Å². The van der Waals surface area contributed by atoms with Gasteiger partial charge in [0.15, 0.2) is 0 Å². The van der Waals surface area contributed by atoms with Crippen LogP contribution in [0, 0.1) is 0 Å². The van der Waals surface area contributed by atoms with E-state index >= 15 is 0 Å². The van der Waals surface area contributed by atoms with Crippen LogP contribution in [0.1, 0.15) is 24.2 Å². The minimum atomic E-state index is -0.292.